The van der Waals surface area contributed by atoms with Crippen molar-refractivity contribution >= 4 is 28.0 Å². The number of rotatable bonds is 5. The van der Waals surface area contributed by atoms with Gasteiger partial charge in [-0.3, -0.25) is 4.79 Å². The molecule has 0 saturated carbocycles. The van der Waals surface area contributed by atoms with Gasteiger partial charge in [-0.05, 0) is 30.5 Å². The lowest BCUT2D eigenvalue weighted by atomic mass is 10.1. The second-order valence-electron chi connectivity index (χ2n) is 6.03. The first kappa shape index (κ1) is 15.6. The number of carbonyl (C=O) groups is 1. The Morgan fingerprint density at radius 1 is 1.39 bits per heavy atom. The summed E-state index contributed by atoms with van der Waals surface area (Å²) in [6.07, 6.45) is 4.92. The Morgan fingerprint density at radius 2 is 2.22 bits per heavy atom. The van der Waals surface area contributed by atoms with Gasteiger partial charge in [-0.1, -0.05) is 25.2 Å². The molecule has 0 bridgehead atoms. The maximum Gasteiger partial charge on any atom is 0.232 e. The highest BCUT2D eigenvalue weighted by Crippen LogP contribution is 2.18. The second kappa shape index (κ2) is 6.45. The molecule has 1 N–H and O–H groups in total. The fraction of sp³-hybridized carbons (Fsp3) is 0.375. The van der Waals surface area contributed by atoms with E-state index in [-0.39, 0.29) is 12.3 Å². The molecule has 3 heterocycles. The van der Waals surface area contributed by atoms with Gasteiger partial charge in [0.2, 0.25) is 11.0 Å². The maximum atomic E-state index is 12.1. The third kappa shape index (κ3) is 3.92. The van der Waals surface area contributed by atoms with E-state index in [0.29, 0.717) is 11.0 Å². The number of aryl methyl sites for hydroxylation is 1. The van der Waals surface area contributed by atoms with Gasteiger partial charge in [0.1, 0.15) is 10.7 Å². The van der Waals surface area contributed by atoms with Crippen LogP contribution >= 0.6 is 11.3 Å². The van der Waals surface area contributed by atoms with E-state index in [9.17, 15) is 4.79 Å². The number of hydrogen-bond acceptors (Lipinski definition) is 5. The van der Waals surface area contributed by atoms with Crippen LogP contribution in [0.25, 0.3) is 5.65 Å². The maximum absolute atomic E-state index is 12.1. The van der Waals surface area contributed by atoms with Crippen LogP contribution < -0.4 is 5.32 Å². The van der Waals surface area contributed by atoms with Gasteiger partial charge >= 0.3 is 0 Å². The van der Waals surface area contributed by atoms with E-state index in [1.165, 1.54) is 11.3 Å². The van der Waals surface area contributed by atoms with Crippen molar-refractivity contribution in [3.05, 3.63) is 40.8 Å². The number of aromatic nitrogens is 4. The third-order valence-electron chi connectivity index (χ3n) is 3.30. The molecule has 3 aromatic rings. The molecule has 0 aliphatic carbocycles. The molecule has 3 rings (SSSR count). The molecule has 23 heavy (non-hydrogen) atoms. The summed E-state index contributed by atoms with van der Waals surface area (Å²) in [6.45, 7) is 6.28. The van der Waals surface area contributed by atoms with Crippen molar-refractivity contribution in [1.29, 1.82) is 0 Å². The van der Waals surface area contributed by atoms with Crippen LogP contribution in [0.2, 0.25) is 0 Å². The lowest BCUT2D eigenvalue weighted by Crippen LogP contribution is -2.14. The Morgan fingerprint density at radius 3 is 3.00 bits per heavy atom. The fourth-order valence-electron chi connectivity index (χ4n) is 2.29. The second-order valence-corrected chi connectivity index (χ2v) is 7.09. The highest BCUT2D eigenvalue weighted by atomic mass is 32.1. The van der Waals surface area contributed by atoms with Crippen LogP contribution in [0, 0.1) is 12.8 Å². The molecule has 0 saturated heterocycles. The molecule has 0 spiro atoms. The topological polar surface area (TPSA) is 72.2 Å². The van der Waals surface area contributed by atoms with Gasteiger partial charge in [0.25, 0.3) is 0 Å². The SMILES string of the molecule is Cc1ccn2cc(CC(=O)Nc3nnc(CC(C)C)s3)nc2c1. The number of imidazole rings is 1. The van der Waals surface area contributed by atoms with Crippen molar-refractivity contribution in [1.82, 2.24) is 19.6 Å². The summed E-state index contributed by atoms with van der Waals surface area (Å²) < 4.78 is 1.92. The zero-order valence-electron chi connectivity index (χ0n) is 13.4. The van der Waals surface area contributed by atoms with E-state index >= 15 is 0 Å². The number of nitrogens with one attached hydrogen (secondary N) is 1. The van der Waals surface area contributed by atoms with Gasteiger partial charge in [-0.15, -0.1) is 10.2 Å². The Kier molecular flexibility index (Phi) is 4.38. The molecule has 0 aliphatic rings. The molecule has 0 unspecified atom stereocenters. The van der Waals surface area contributed by atoms with Crippen molar-refractivity contribution in [3.63, 3.8) is 0 Å². The largest absolute Gasteiger partial charge is 0.307 e. The Bertz CT molecular complexity index is 836. The summed E-state index contributed by atoms with van der Waals surface area (Å²) >= 11 is 1.43. The summed E-state index contributed by atoms with van der Waals surface area (Å²) in [5.41, 5.74) is 2.73. The van der Waals surface area contributed by atoms with E-state index in [1.807, 2.05) is 35.9 Å². The third-order valence-corrected chi connectivity index (χ3v) is 4.16. The number of nitrogens with zero attached hydrogens (tertiary/aromatic N) is 4. The molecule has 1 amide bonds. The minimum absolute atomic E-state index is 0.127. The zero-order chi connectivity index (χ0) is 16.4. The van der Waals surface area contributed by atoms with Crippen molar-refractivity contribution in [2.45, 2.75) is 33.6 Å². The van der Waals surface area contributed by atoms with Crippen LogP contribution in [-0.4, -0.2) is 25.5 Å². The molecule has 7 heteroatoms. The first-order valence-corrected chi connectivity index (χ1v) is 8.37. The Labute approximate surface area is 138 Å². The Balaban J connectivity index is 1.65. The average molecular weight is 329 g/mol. The van der Waals surface area contributed by atoms with Crippen LogP contribution in [0.3, 0.4) is 0 Å². The van der Waals surface area contributed by atoms with Gasteiger partial charge in [-0.25, -0.2) is 4.98 Å². The highest BCUT2D eigenvalue weighted by molar-refractivity contribution is 7.15. The molecule has 0 radical (unpaired) electrons. The van der Waals surface area contributed by atoms with Crippen LogP contribution in [-0.2, 0) is 17.6 Å². The van der Waals surface area contributed by atoms with Crippen molar-refractivity contribution in [2.24, 2.45) is 5.92 Å². The average Bonchev–Trinajstić information content (AvgIpc) is 3.03. The van der Waals surface area contributed by atoms with Gasteiger partial charge in [0, 0.05) is 18.8 Å². The van der Waals surface area contributed by atoms with Crippen LogP contribution in [0.4, 0.5) is 5.13 Å². The van der Waals surface area contributed by atoms with E-state index in [2.05, 4.69) is 34.3 Å². The Hall–Kier alpha value is -2.28. The number of amides is 1. The fourth-order valence-corrected chi connectivity index (χ4v) is 3.25. The van der Waals surface area contributed by atoms with Crippen LogP contribution in [0.15, 0.2) is 24.5 Å². The predicted octanol–water partition coefficient (Wildman–Crippen LogP) is 2.87. The summed E-state index contributed by atoms with van der Waals surface area (Å²) in [5, 5.41) is 12.4. The number of pyridine rings is 1. The van der Waals surface area contributed by atoms with Gasteiger partial charge < -0.3 is 9.72 Å². The lowest BCUT2D eigenvalue weighted by Gasteiger charge is -1.98. The van der Waals surface area contributed by atoms with Gasteiger partial charge in [0.15, 0.2) is 0 Å². The van der Waals surface area contributed by atoms with E-state index in [4.69, 9.17) is 0 Å². The summed E-state index contributed by atoms with van der Waals surface area (Å²) in [5.74, 6) is 0.394. The van der Waals surface area contributed by atoms with Crippen molar-refractivity contribution in [2.75, 3.05) is 5.32 Å². The summed E-state index contributed by atoms with van der Waals surface area (Å²) in [6, 6.07) is 4.00. The van der Waals surface area contributed by atoms with Gasteiger partial charge in [0.05, 0.1) is 12.1 Å². The van der Waals surface area contributed by atoms with E-state index in [1.54, 1.807) is 0 Å². The van der Waals surface area contributed by atoms with Crippen molar-refractivity contribution in [3.8, 4) is 0 Å². The number of carbonyl (C=O) groups excluding carboxylic acids is 1. The van der Waals surface area contributed by atoms with Crippen LogP contribution in [0.5, 0.6) is 0 Å². The molecule has 6 nitrogen and oxygen atoms in total. The quantitative estimate of drug-likeness (QED) is 0.781. The molecule has 0 aliphatic heterocycles. The molecule has 0 fully saturated rings. The van der Waals surface area contributed by atoms with Crippen molar-refractivity contribution < 1.29 is 4.79 Å². The monoisotopic (exact) mass is 329 g/mol. The molecule has 0 aromatic carbocycles. The first-order valence-electron chi connectivity index (χ1n) is 7.56. The molecule has 120 valence electrons. The first-order chi connectivity index (χ1) is 11.0. The van der Waals surface area contributed by atoms with Gasteiger partial charge in [-0.2, -0.15) is 0 Å². The summed E-state index contributed by atoms with van der Waals surface area (Å²) in [4.78, 5) is 16.6. The number of anilines is 1. The smallest absolute Gasteiger partial charge is 0.232 e. The molecule has 0 atom stereocenters. The minimum atomic E-state index is -0.127. The van der Waals surface area contributed by atoms with E-state index in [0.717, 1.165) is 28.3 Å². The number of fused-ring (bicyclic) bond motifs is 1. The van der Waals surface area contributed by atoms with Crippen LogP contribution in [0.1, 0.15) is 30.1 Å². The molecular weight excluding hydrogens is 310 g/mol. The predicted molar refractivity (Wildman–Crippen MR) is 90.7 cm³/mol. The normalized spacial score (nSPS) is 11.3. The number of hydrogen-bond donors (Lipinski definition) is 1. The lowest BCUT2D eigenvalue weighted by molar-refractivity contribution is -0.115. The molecular formula is C16H19N5OS. The highest BCUT2D eigenvalue weighted by Gasteiger charge is 2.12. The standard InChI is InChI=1S/C16H19N5OS/c1-10(2)6-15-19-20-16(23-15)18-14(22)8-12-9-21-5-4-11(3)7-13(21)17-12/h4-5,7,9-10H,6,8H2,1-3H3,(H,18,20,22). The van der Waals surface area contributed by atoms with E-state index < -0.39 is 0 Å². The zero-order valence-corrected chi connectivity index (χ0v) is 14.2. The minimum Gasteiger partial charge on any atom is -0.307 e. The summed E-state index contributed by atoms with van der Waals surface area (Å²) in [7, 11) is 0. The molecule has 3 aromatic heterocycles.